The smallest absolute Gasteiger partial charge is 0.296 e. The van der Waals surface area contributed by atoms with Crippen LogP contribution in [0.5, 0.6) is 0 Å². The summed E-state index contributed by atoms with van der Waals surface area (Å²) < 4.78 is 6.26. The van der Waals surface area contributed by atoms with E-state index in [0.717, 1.165) is 4.70 Å². The zero-order chi connectivity index (χ0) is 21.0. The third-order valence-electron chi connectivity index (χ3n) is 4.82. The molecule has 0 aliphatic carbocycles. The number of benzene rings is 1. The molecule has 1 amide bonds. The number of carbonyl (C=O) groups is 2. The Labute approximate surface area is 183 Å². The van der Waals surface area contributed by atoms with Crippen molar-refractivity contribution >= 4 is 61.3 Å². The lowest BCUT2D eigenvalue weighted by Crippen LogP contribution is -2.30. The van der Waals surface area contributed by atoms with Crippen LogP contribution in [0, 0.1) is 6.92 Å². The summed E-state index contributed by atoms with van der Waals surface area (Å²) in [6.45, 7) is 1.72. The van der Waals surface area contributed by atoms with Gasteiger partial charge in [0, 0.05) is 5.02 Å². The number of thiophene rings is 1. The van der Waals surface area contributed by atoms with Gasteiger partial charge in [0.1, 0.15) is 5.76 Å². The number of anilines is 1. The molecule has 0 saturated carbocycles. The van der Waals surface area contributed by atoms with Gasteiger partial charge >= 0.3 is 0 Å². The highest BCUT2D eigenvalue weighted by molar-refractivity contribution is 7.22. The Morgan fingerprint density at radius 1 is 1.27 bits per heavy atom. The molecule has 5 rings (SSSR count). The first-order valence-corrected chi connectivity index (χ1v) is 11.0. The molecule has 4 heterocycles. The Balaban J connectivity index is 1.66. The number of Topliss-reactive ketones (excluding diaryl/α,β-unsaturated/α-hetero) is 1. The molecule has 1 N–H and O–H groups in total. The average molecular weight is 457 g/mol. The molecule has 6 nitrogen and oxygen atoms in total. The van der Waals surface area contributed by atoms with Crippen molar-refractivity contribution in [2.75, 3.05) is 4.90 Å². The van der Waals surface area contributed by atoms with Gasteiger partial charge < -0.3 is 9.52 Å². The van der Waals surface area contributed by atoms with Crippen LogP contribution in [-0.4, -0.2) is 21.8 Å². The number of ketones is 1. The molecular formula is C21H13ClN2O4S2. The Morgan fingerprint density at radius 3 is 2.80 bits per heavy atom. The molecular weight excluding hydrogens is 444 g/mol. The number of aryl methyl sites for hydroxylation is 1. The lowest BCUT2D eigenvalue weighted by atomic mass is 9.97. The van der Waals surface area contributed by atoms with Gasteiger partial charge in [-0.1, -0.05) is 22.9 Å². The molecule has 0 spiro atoms. The second kappa shape index (κ2) is 7.09. The Kier molecular flexibility index (Phi) is 4.50. The number of thiazole rings is 1. The van der Waals surface area contributed by atoms with Crippen molar-refractivity contribution in [3.63, 3.8) is 0 Å². The van der Waals surface area contributed by atoms with Gasteiger partial charge in [0.2, 0.25) is 5.78 Å². The Hall–Kier alpha value is -2.94. The molecule has 1 unspecified atom stereocenters. The fourth-order valence-corrected chi connectivity index (χ4v) is 5.41. The van der Waals surface area contributed by atoms with Crippen LogP contribution in [-0.2, 0) is 4.79 Å². The zero-order valence-corrected chi connectivity index (χ0v) is 17.8. The minimum Gasteiger partial charge on any atom is -0.503 e. The average Bonchev–Trinajstić information content (AvgIpc) is 3.49. The van der Waals surface area contributed by atoms with Gasteiger partial charge in [-0.2, -0.15) is 11.3 Å². The van der Waals surface area contributed by atoms with Crippen molar-refractivity contribution in [3.05, 3.63) is 80.6 Å². The quantitative estimate of drug-likeness (QED) is 0.398. The fraction of sp³-hybridized carbons (Fsp3) is 0.0952. The number of amides is 1. The molecule has 0 fully saturated rings. The summed E-state index contributed by atoms with van der Waals surface area (Å²) in [4.78, 5) is 32.2. The van der Waals surface area contributed by atoms with Crippen molar-refractivity contribution in [1.82, 2.24) is 4.98 Å². The largest absolute Gasteiger partial charge is 0.503 e. The topological polar surface area (TPSA) is 83.6 Å². The number of nitrogens with zero attached hydrogens (tertiary/aromatic N) is 2. The molecule has 0 radical (unpaired) electrons. The molecule has 3 aromatic heterocycles. The summed E-state index contributed by atoms with van der Waals surface area (Å²) in [6, 6.07) is 9.47. The SMILES string of the molecule is Cc1ccc(C(=O)C2=C(O)C(=O)N(c3nc4ccc(Cl)cc4s3)C2c2ccsc2)o1. The van der Waals surface area contributed by atoms with Gasteiger partial charge in [0.15, 0.2) is 16.7 Å². The maximum atomic E-state index is 13.2. The molecule has 1 atom stereocenters. The highest BCUT2D eigenvalue weighted by Gasteiger charge is 2.46. The van der Waals surface area contributed by atoms with Crippen LogP contribution in [0.15, 0.2) is 62.9 Å². The first-order valence-electron chi connectivity index (χ1n) is 8.90. The molecule has 9 heteroatoms. The van der Waals surface area contributed by atoms with E-state index in [9.17, 15) is 14.7 Å². The predicted octanol–water partition coefficient (Wildman–Crippen LogP) is 5.70. The molecule has 150 valence electrons. The van der Waals surface area contributed by atoms with Gasteiger partial charge in [-0.05, 0) is 59.6 Å². The second-order valence-corrected chi connectivity index (χ2v) is 8.97. The number of halogens is 1. The van der Waals surface area contributed by atoms with Crippen molar-refractivity contribution in [2.24, 2.45) is 0 Å². The summed E-state index contributed by atoms with van der Waals surface area (Å²) in [7, 11) is 0. The molecule has 1 aromatic carbocycles. The van der Waals surface area contributed by atoms with E-state index in [1.54, 1.807) is 31.2 Å². The maximum absolute atomic E-state index is 13.2. The van der Waals surface area contributed by atoms with E-state index in [1.807, 2.05) is 16.8 Å². The van der Waals surface area contributed by atoms with Crippen LogP contribution in [0.25, 0.3) is 10.2 Å². The lowest BCUT2D eigenvalue weighted by molar-refractivity contribution is -0.117. The third-order valence-corrected chi connectivity index (χ3v) is 6.78. The highest BCUT2D eigenvalue weighted by atomic mass is 35.5. The van der Waals surface area contributed by atoms with Crippen LogP contribution in [0.4, 0.5) is 5.13 Å². The van der Waals surface area contributed by atoms with Crippen LogP contribution in [0.1, 0.15) is 27.9 Å². The number of aliphatic hydroxyl groups excluding tert-OH is 1. The molecule has 30 heavy (non-hydrogen) atoms. The van der Waals surface area contributed by atoms with Gasteiger partial charge in [-0.15, -0.1) is 0 Å². The van der Waals surface area contributed by atoms with Crippen molar-refractivity contribution in [1.29, 1.82) is 0 Å². The van der Waals surface area contributed by atoms with E-state index in [0.29, 0.717) is 27.0 Å². The van der Waals surface area contributed by atoms with Gasteiger partial charge in [-0.25, -0.2) is 4.98 Å². The zero-order valence-electron chi connectivity index (χ0n) is 15.5. The normalized spacial score (nSPS) is 16.8. The third kappa shape index (κ3) is 2.96. The summed E-state index contributed by atoms with van der Waals surface area (Å²) in [5.74, 6) is -1.17. The van der Waals surface area contributed by atoms with E-state index in [1.165, 1.54) is 33.6 Å². The molecule has 4 aromatic rings. The van der Waals surface area contributed by atoms with Gasteiger partial charge in [-0.3, -0.25) is 14.5 Å². The number of aromatic nitrogens is 1. The van der Waals surface area contributed by atoms with E-state index in [2.05, 4.69) is 4.98 Å². The minimum absolute atomic E-state index is 0.0231. The summed E-state index contributed by atoms with van der Waals surface area (Å²) in [5.41, 5.74) is 1.36. The number of hydrogen-bond donors (Lipinski definition) is 1. The fourth-order valence-electron chi connectivity index (χ4n) is 3.46. The first kappa shape index (κ1) is 19.0. The monoisotopic (exact) mass is 456 g/mol. The lowest BCUT2D eigenvalue weighted by Gasteiger charge is -2.23. The summed E-state index contributed by atoms with van der Waals surface area (Å²) in [6.07, 6.45) is 0. The first-order chi connectivity index (χ1) is 14.4. The van der Waals surface area contributed by atoms with E-state index in [4.69, 9.17) is 16.0 Å². The molecule has 0 saturated heterocycles. The van der Waals surface area contributed by atoms with E-state index in [-0.39, 0.29) is 11.3 Å². The van der Waals surface area contributed by atoms with Gasteiger partial charge in [0.25, 0.3) is 5.91 Å². The van der Waals surface area contributed by atoms with Gasteiger partial charge in [0.05, 0.1) is 21.8 Å². The summed E-state index contributed by atoms with van der Waals surface area (Å²) in [5, 5.41) is 15.3. The predicted molar refractivity (Wildman–Crippen MR) is 117 cm³/mol. The highest BCUT2D eigenvalue weighted by Crippen LogP contribution is 2.44. The van der Waals surface area contributed by atoms with Crippen molar-refractivity contribution in [3.8, 4) is 0 Å². The van der Waals surface area contributed by atoms with Crippen LogP contribution in [0.2, 0.25) is 5.02 Å². The maximum Gasteiger partial charge on any atom is 0.296 e. The molecule has 0 bridgehead atoms. The number of hydrogen-bond acceptors (Lipinski definition) is 7. The Bertz CT molecular complexity index is 1340. The summed E-state index contributed by atoms with van der Waals surface area (Å²) >= 11 is 8.79. The molecule has 1 aliphatic rings. The van der Waals surface area contributed by atoms with Crippen LogP contribution in [0.3, 0.4) is 0 Å². The number of furan rings is 1. The number of fused-ring (bicyclic) bond motifs is 1. The standard InChI is InChI=1S/C21H13ClN2O4S2/c1-10-2-5-14(28-10)18(25)16-17(11-6-7-29-9-11)24(20(27)19(16)26)21-23-13-4-3-12(22)8-15(13)30-21/h2-9,17,26H,1H3. The van der Waals surface area contributed by atoms with Crippen molar-refractivity contribution in [2.45, 2.75) is 13.0 Å². The molecule has 1 aliphatic heterocycles. The van der Waals surface area contributed by atoms with E-state index < -0.39 is 23.5 Å². The minimum atomic E-state index is -0.808. The number of carbonyl (C=O) groups excluding carboxylic acids is 2. The second-order valence-electron chi connectivity index (χ2n) is 6.74. The van der Waals surface area contributed by atoms with E-state index >= 15 is 0 Å². The van der Waals surface area contributed by atoms with Crippen LogP contribution >= 0.6 is 34.3 Å². The number of aliphatic hydroxyl groups is 1. The van der Waals surface area contributed by atoms with Crippen LogP contribution < -0.4 is 4.90 Å². The van der Waals surface area contributed by atoms with Crippen molar-refractivity contribution < 1.29 is 19.1 Å². The number of rotatable bonds is 4. The Morgan fingerprint density at radius 2 is 2.10 bits per heavy atom.